The first-order chi connectivity index (χ1) is 9.63. The van der Waals surface area contributed by atoms with Gasteiger partial charge in [-0.05, 0) is 50.4 Å². The van der Waals surface area contributed by atoms with Crippen LogP contribution < -0.4 is 5.32 Å². The number of likely N-dealkylation sites (N-methyl/N-ethyl adjacent to an activating group) is 1. The van der Waals surface area contributed by atoms with E-state index in [1.165, 1.54) is 22.3 Å². The predicted octanol–water partition coefficient (Wildman–Crippen LogP) is 3.41. The fourth-order valence-electron chi connectivity index (χ4n) is 2.68. The summed E-state index contributed by atoms with van der Waals surface area (Å²) in [7, 11) is 0. The van der Waals surface area contributed by atoms with Crippen LogP contribution in [0.25, 0.3) is 0 Å². The molecule has 20 heavy (non-hydrogen) atoms. The molecule has 2 aromatic rings. The summed E-state index contributed by atoms with van der Waals surface area (Å²) in [4.78, 5) is 0. The molecule has 0 saturated carbocycles. The minimum absolute atomic E-state index is 0.357. The summed E-state index contributed by atoms with van der Waals surface area (Å²) in [5.74, 6) is 0. The third-order valence-electron chi connectivity index (χ3n) is 3.70. The van der Waals surface area contributed by atoms with Gasteiger partial charge in [0.25, 0.3) is 0 Å². The molecular weight excluding hydrogens is 246 g/mol. The minimum Gasteiger partial charge on any atom is -0.310 e. The zero-order valence-electron chi connectivity index (χ0n) is 13.0. The van der Waals surface area contributed by atoms with E-state index in [-0.39, 0.29) is 0 Å². The van der Waals surface area contributed by atoms with Gasteiger partial charge in [-0.25, -0.2) is 0 Å². The molecule has 1 N–H and O–H groups in total. The standard InChI is InChI=1S/C17H25N3/c1-5-18-17(10-15-11-19-20(6-2)12-15)16-8-7-13(3)9-14(16)4/h7-9,11-12,17-18H,5-6,10H2,1-4H3. The van der Waals surface area contributed by atoms with Crippen molar-refractivity contribution in [2.75, 3.05) is 6.54 Å². The molecule has 3 heteroatoms. The first-order valence-electron chi connectivity index (χ1n) is 7.45. The van der Waals surface area contributed by atoms with Crippen LogP contribution in [0.3, 0.4) is 0 Å². The van der Waals surface area contributed by atoms with Crippen LogP contribution in [0.2, 0.25) is 0 Å². The van der Waals surface area contributed by atoms with Gasteiger partial charge in [0, 0.05) is 18.8 Å². The Kier molecular flexibility index (Phi) is 4.96. The van der Waals surface area contributed by atoms with Crippen molar-refractivity contribution in [2.45, 2.75) is 46.7 Å². The molecule has 0 spiro atoms. The molecule has 0 aliphatic rings. The van der Waals surface area contributed by atoms with Crippen molar-refractivity contribution in [3.63, 3.8) is 0 Å². The second kappa shape index (κ2) is 6.71. The van der Waals surface area contributed by atoms with Crippen molar-refractivity contribution in [3.8, 4) is 0 Å². The Morgan fingerprint density at radius 1 is 1.25 bits per heavy atom. The molecule has 1 aromatic heterocycles. The van der Waals surface area contributed by atoms with Gasteiger partial charge < -0.3 is 5.32 Å². The Morgan fingerprint density at radius 3 is 2.65 bits per heavy atom. The molecule has 1 atom stereocenters. The maximum Gasteiger partial charge on any atom is 0.0522 e. The zero-order chi connectivity index (χ0) is 14.5. The number of aromatic nitrogens is 2. The van der Waals surface area contributed by atoms with E-state index in [4.69, 9.17) is 0 Å². The molecule has 3 nitrogen and oxygen atoms in total. The summed E-state index contributed by atoms with van der Waals surface area (Å²) in [6.45, 7) is 10.5. The van der Waals surface area contributed by atoms with E-state index in [1.807, 2.05) is 10.9 Å². The van der Waals surface area contributed by atoms with E-state index < -0.39 is 0 Å². The van der Waals surface area contributed by atoms with Crippen LogP contribution in [0.15, 0.2) is 30.6 Å². The molecule has 0 amide bonds. The molecular formula is C17H25N3. The third kappa shape index (κ3) is 3.48. The quantitative estimate of drug-likeness (QED) is 0.872. The molecule has 0 aliphatic carbocycles. The van der Waals surface area contributed by atoms with Crippen LogP contribution in [0.5, 0.6) is 0 Å². The van der Waals surface area contributed by atoms with Crippen molar-refractivity contribution < 1.29 is 0 Å². The van der Waals surface area contributed by atoms with E-state index in [0.717, 1.165) is 19.5 Å². The van der Waals surface area contributed by atoms with Crippen LogP contribution in [-0.4, -0.2) is 16.3 Å². The zero-order valence-corrected chi connectivity index (χ0v) is 13.0. The normalized spacial score (nSPS) is 12.6. The van der Waals surface area contributed by atoms with Crippen molar-refractivity contribution in [1.82, 2.24) is 15.1 Å². The molecule has 0 aliphatic heterocycles. The van der Waals surface area contributed by atoms with Gasteiger partial charge in [-0.1, -0.05) is 30.7 Å². The lowest BCUT2D eigenvalue weighted by Gasteiger charge is -2.20. The summed E-state index contributed by atoms with van der Waals surface area (Å²) in [6, 6.07) is 7.06. The van der Waals surface area contributed by atoms with Crippen LogP contribution in [0.1, 0.15) is 42.1 Å². The molecule has 2 rings (SSSR count). The number of aryl methyl sites for hydroxylation is 3. The Labute approximate surface area is 122 Å². The Hall–Kier alpha value is -1.61. The monoisotopic (exact) mass is 271 g/mol. The maximum atomic E-state index is 4.37. The highest BCUT2D eigenvalue weighted by atomic mass is 15.3. The smallest absolute Gasteiger partial charge is 0.0522 e. The van der Waals surface area contributed by atoms with Gasteiger partial charge in [0.2, 0.25) is 0 Å². The van der Waals surface area contributed by atoms with Crippen molar-refractivity contribution >= 4 is 0 Å². The lowest BCUT2D eigenvalue weighted by atomic mass is 9.95. The highest BCUT2D eigenvalue weighted by molar-refractivity contribution is 5.33. The van der Waals surface area contributed by atoms with E-state index in [9.17, 15) is 0 Å². The van der Waals surface area contributed by atoms with Gasteiger partial charge in [-0.15, -0.1) is 0 Å². The first kappa shape index (κ1) is 14.8. The molecule has 0 fully saturated rings. The average Bonchev–Trinajstić information content (AvgIpc) is 2.86. The highest BCUT2D eigenvalue weighted by Crippen LogP contribution is 2.22. The Morgan fingerprint density at radius 2 is 2.05 bits per heavy atom. The summed E-state index contributed by atoms with van der Waals surface area (Å²) < 4.78 is 1.99. The lowest BCUT2D eigenvalue weighted by Crippen LogP contribution is -2.23. The van der Waals surface area contributed by atoms with Gasteiger partial charge in [-0.3, -0.25) is 4.68 Å². The van der Waals surface area contributed by atoms with Gasteiger partial charge in [-0.2, -0.15) is 5.10 Å². The summed E-state index contributed by atoms with van der Waals surface area (Å²) in [6.07, 6.45) is 5.11. The largest absolute Gasteiger partial charge is 0.310 e. The fourth-order valence-corrected chi connectivity index (χ4v) is 2.68. The van der Waals surface area contributed by atoms with Gasteiger partial charge in [0.05, 0.1) is 6.20 Å². The van der Waals surface area contributed by atoms with Gasteiger partial charge in [0.15, 0.2) is 0 Å². The molecule has 1 unspecified atom stereocenters. The average molecular weight is 271 g/mol. The fraction of sp³-hybridized carbons (Fsp3) is 0.471. The third-order valence-corrected chi connectivity index (χ3v) is 3.70. The SMILES string of the molecule is CCNC(Cc1cnn(CC)c1)c1ccc(C)cc1C. The van der Waals surface area contributed by atoms with Crippen molar-refractivity contribution in [3.05, 3.63) is 52.8 Å². The van der Waals surface area contributed by atoms with Crippen LogP contribution in [0.4, 0.5) is 0 Å². The van der Waals surface area contributed by atoms with E-state index in [0.29, 0.717) is 6.04 Å². The molecule has 108 valence electrons. The second-order valence-corrected chi connectivity index (χ2v) is 5.38. The number of benzene rings is 1. The van der Waals surface area contributed by atoms with E-state index >= 15 is 0 Å². The highest BCUT2D eigenvalue weighted by Gasteiger charge is 2.14. The number of hydrogen-bond donors (Lipinski definition) is 1. The van der Waals surface area contributed by atoms with Crippen LogP contribution >= 0.6 is 0 Å². The molecule has 1 aromatic carbocycles. The van der Waals surface area contributed by atoms with E-state index in [1.54, 1.807) is 0 Å². The topological polar surface area (TPSA) is 29.9 Å². The van der Waals surface area contributed by atoms with E-state index in [2.05, 4.69) is 62.5 Å². The summed E-state index contributed by atoms with van der Waals surface area (Å²) >= 11 is 0. The number of nitrogens with one attached hydrogen (secondary N) is 1. The minimum atomic E-state index is 0.357. The van der Waals surface area contributed by atoms with Crippen LogP contribution in [0, 0.1) is 13.8 Å². The molecule has 0 radical (unpaired) electrons. The molecule has 0 bridgehead atoms. The maximum absolute atomic E-state index is 4.37. The lowest BCUT2D eigenvalue weighted by molar-refractivity contribution is 0.546. The van der Waals surface area contributed by atoms with Gasteiger partial charge in [0.1, 0.15) is 0 Å². The number of nitrogens with zero attached hydrogens (tertiary/aromatic N) is 2. The molecule has 0 saturated heterocycles. The first-order valence-corrected chi connectivity index (χ1v) is 7.45. The predicted molar refractivity (Wildman–Crippen MR) is 83.9 cm³/mol. The molecule has 1 heterocycles. The van der Waals surface area contributed by atoms with Crippen molar-refractivity contribution in [1.29, 1.82) is 0 Å². The summed E-state index contributed by atoms with van der Waals surface area (Å²) in [5, 5.41) is 7.96. The van der Waals surface area contributed by atoms with Crippen molar-refractivity contribution in [2.24, 2.45) is 0 Å². The van der Waals surface area contributed by atoms with Crippen LogP contribution in [-0.2, 0) is 13.0 Å². The summed E-state index contributed by atoms with van der Waals surface area (Å²) in [5.41, 5.74) is 5.36. The number of hydrogen-bond acceptors (Lipinski definition) is 2. The van der Waals surface area contributed by atoms with Gasteiger partial charge >= 0.3 is 0 Å². The number of rotatable bonds is 6. The Balaban J connectivity index is 2.21. The Bertz CT molecular complexity index is 557. The second-order valence-electron chi connectivity index (χ2n) is 5.38.